The van der Waals surface area contributed by atoms with E-state index in [1.54, 1.807) is 6.07 Å². The summed E-state index contributed by atoms with van der Waals surface area (Å²) in [5.41, 5.74) is 6.81. The molecule has 1 aliphatic heterocycles. The monoisotopic (exact) mass is 206 g/mol. The van der Waals surface area contributed by atoms with Gasteiger partial charge in [-0.1, -0.05) is 12.1 Å². The fraction of sp³-hybridized carbons (Fsp3) is 0.500. The fourth-order valence-electron chi connectivity index (χ4n) is 2.40. The predicted octanol–water partition coefficient (Wildman–Crippen LogP) is 1.19. The maximum absolute atomic E-state index is 9.44. The van der Waals surface area contributed by atoms with Crippen LogP contribution in [0.1, 0.15) is 24.3 Å². The standard InChI is InChI=1S/C12H18N2O/c13-6-4-12-11(5-7-14-12)9-2-1-3-10(15)8-9/h1-3,8,11-12,14-15H,4-7,13H2. The van der Waals surface area contributed by atoms with Gasteiger partial charge >= 0.3 is 0 Å². The lowest BCUT2D eigenvalue weighted by Gasteiger charge is -2.19. The highest BCUT2D eigenvalue weighted by molar-refractivity contribution is 5.31. The van der Waals surface area contributed by atoms with Gasteiger partial charge in [-0.05, 0) is 43.6 Å². The number of hydrogen-bond acceptors (Lipinski definition) is 3. The van der Waals surface area contributed by atoms with E-state index < -0.39 is 0 Å². The van der Waals surface area contributed by atoms with Crippen molar-refractivity contribution in [2.75, 3.05) is 13.1 Å². The molecule has 82 valence electrons. The molecule has 1 aromatic carbocycles. The van der Waals surface area contributed by atoms with Gasteiger partial charge in [-0.25, -0.2) is 0 Å². The summed E-state index contributed by atoms with van der Waals surface area (Å²) in [5.74, 6) is 0.853. The first kappa shape index (κ1) is 10.5. The average molecular weight is 206 g/mol. The van der Waals surface area contributed by atoms with Gasteiger partial charge < -0.3 is 16.2 Å². The summed E-state index contributed by atoms with van der Waals surface area (Å²) in [6, 6.07) is 8.03. The minimum absolute atomic E-state index is 0.353. The number of phenols is 1. The van der Waals surface area contributed by atoms with Crippen LogP contribution in [0.25, 0.3) is 0 Å². The van der Waals surface area contributed by atoms with E-state index in [0.717, 1.165) is 19.4 Å². The Hall–Kier alpha value is -1.06. The van der Waals surface area contributed by atoms with Gasteiger partial charge in [0.1, 0.15) is 5.75 Å². The highest BCUT2D eigenvalue weighted by Gasteiger charge is 2.27. The van der Waals surface area contributed by atoms with Crippen LogP contribution in [0.2, 0.25) is 0 Å². The van der Waals surface area contributed by atoms with Crippen molar-refractivity contribution in [3.63, 3.8) is 0 Å². The van der Waals surface area contributed by atoms with Gasteiger partial charge in [0, 0.05) is 12.0 Å². The second kappa shape index (κ2) is 4.64. The summed E-state index contributed by atoms with van der Waals surface area (Å²) in [6.45, 7) is 1.76. The highest BCUT2D eigenvalue weighted by atomic mass is 16.3. The van der Waals surface area contributed by atoms with E-state index in [0.29, 0.717) is 24.3 Å². The van der Waals surface area contributed by atoms with E-state index in [-0.39, 0.29) is 0 Å². The van der Waals surface area contributed by atoms with Gasteiger partial charge in [-0.3, -0.25) is 0 Å². The molecule has 0 saturated carbocycles. The molecule has 3 heteroatoms. The lowest BCUT2D eigenvalue weighted by Crippen LogP contribution is -2.28. The van der Waals surface area contributed by atoms with Crippen LogP contribution in [0.5, 0.6) is 5.75 Å². The summed E-state index contributed by atoms with van der Waals surface area (Å²) >= 11 is 0. The minimum atomic E-state index is 0.353. The molecule has 2 rings (SSSR count). The van der Waals surface area contributed by atoms with Gasteiger partial charge in [-0.2, -0.15) is 0 Å². The smallest absolute Gasteiger partial charge is 0.115 e. The zero-order chi connectivity index (χ0) is 10.7. The van der Waals surface area contributed by atoms with Crippen molar-refractivity contribution in [1.82, 2.24) is 5.32 Å². The topological polar surface area (TPSA) is 58.3 Å². The average Bonchev–Trinajstić information content (AvgIpc) is 2.66. The molecule has 1 heterocycles. The number of rotatable bonds is 3. The van der Waals surface area contributed by atoms with E-state index in [4.69, 9.17) is 5.73 Å². The summed E-state index contributed by atoms with van der Waals surface area (Å²) in [5, 5.41) is 12.9. The molecule has 1 saturated heterocycles. The Balaban J connectivity index is 2.15. The molecule has 2 atom stereocenters. The van der Waals surface area contributed by atoms with E-state index >= 15 is 0 Å². The molecule has 0 spiro atoms. The molecule has 1 aliphatic rings. The highest BCUT2D eigenvalue weighted by Crippen LogP contribution is 2.30. The molecule has 1 aromatic rings. The second-order valence-electron chi connectivity index (χ2n) is 4.13. The molecule has 15 heavy (non-hydrogen) atoms. The predicted molar refractivity (Wildman–Crippen MR) is 60.9 cm³/mol. The van der Waals surface area contributed by atoms with Crippen molar-refractivity contribution >= 4 is 0 Å². The number of nitrogens with one attached hydrogen (secondary N) is 1. The SMILES string of the molecule is NCCC1NCCC1c1cccc(O)c1. The van der Waals surface area contributed by atoms with Crippen LogP contribution in [-0.2, 0) is 0 Å². The van der Waals surface area contributed by atoms with Crippen molar-refractivity contribution in [3.8, 4) is 5.75 Å². The molecule has 0 amide bonds. The molecule has 1 fully saturated rings. The summed E-state index contributed by atoms with van der Waals surface area (Å²) < 4.78 is 0. The van der Waals surface area contributed by atoms with Crippen LogP contribution in [0.15, 0.2) is 24.3 Å². The Morgan fingerprint density at radius 2 is 2.33 bits per heavy atom. The summed E-state index contributed by atoms with van der Waals surface area (Å²) in [7, 11) is 0. The number of hydrogen-bond donors (Lipinski definition) is 3. The van der Waals surface area contributed by atoms with Crippen LogP contribution in [-0.4, -0.2) is 24.2 Å². The van der Waals surface area contributed by atoms with Crippen LogP contribution in [0.4, 0.5) is 0 Å². The summed E-state index contributed by atoms with van der Waals surface area (Å²) in [6.07, 6.45) is 2.13. The number of nitrogens with two attached hydrogens (primary N) is 1. The van der Waals surface area contributed by atoms with Crippen molar-refractivity contribution in [3.05, 3.63) is 29.8 Å². The van der Waals surface area contributed by atoms with Crippen molar-refractivity contribution < 1.29 is 5.11 Å². The maximum Gasteiger partial charge on any atom is 0.115 e. The quantitative estimate of drug-likeness (QED) is 0.696. The Morgan fingerprint density at radius 1 is 1.47 bits per heavy atom. The molecule has 4 N–H and O–H groups in total. The third-order valence-electron chi connectivity index (χ3n) is 3.12. The van der Waals surface area contributed by atoms with Crippen LogP contribution in [0, 0.1) is 0 Å². The Labute approximate surface area is 90.3 Å². The van der Waals surface area contributed by atoms with Crippen LogP contribution < -0.4 is 11.1 Å². The molecule has 0 radical (unpaired) electrons. The van der Waals surface area contributed by atoms with Gasteiger partial charge in [0.2, 0.25) is 0 Å². The molecule has 3 nitrogen and oxygen atoms in total. The van der Waals surface area contributed by atoms with E-state index in [2.05, 4.69) is 11.4 Å². The van der Waals surface area contributed by atoms with E-state index in [1.807, 2.05) is 12.1 Å². The third-order valence-corrected chi connectivity index (χ3v) is 3.12. The van der Waals surface area contributed by atoms with Gasteiger partial charge in [0.05, 0.1) is 0 Å². The molecule has 0 bridgehead atoms. The van der Waals surface area contributed by atoms with Crippen LogP contribution in [0.3, 0.4) is 0 Å². The largest absolute Gasteiger partial charge is 0.508 e. The van der Waals surface area contributed by atoms with E-state index in [9.17, 15) is 5.11 Å². The van der Waals surface area contributed by atoms with Crippen molar-refractivity contribution in [2.45, 2.75) is 24.8 Å². The molecular weight excluding hydrogens is 188 g/mol. The Kier molecular flexibility index (Phi) is 3.23. The van der Waals surface area contributed by atoms with Crippen molar-refractivity contribution in [2.24, 2.45) is 5.73 Å². The Morgan fingerprint density at radius 3 is 3.07 bits per heavy atom. The lowest BCUT2D eigenvalue weighted by molar-refractivity contribution is 0.470. The molecule has 0 aliphatic carbocycles. The fourth-order valence-corrected chi connectivity index (χ4v) is 2.40. The minimum Gasteiger partial charge on any atom is -0.508 e. The van der Waals surface area contributed by atoms with Crippen molar-refractivity contribution in [1.29, 1.82) is 0 Å². The van der Waals surface area contributed by atoms with E-state index in [1.165, 1.54) is 5.56 Å². The first-order chi connectivity index (χ1) is 7.31. The third kappa shape index (κ3) is 2.30. The van der Waals surface area contributed by atoms with Gasteiger partial charge in [0.15, 0.2) is 0 Å². The zero-order valence-corrected chi connectivity index (χ0v) is 8.82. The molecular formula is C12H18N2O. The first-order valence-electron chi connectivity index (χ1n) is 5.53. The normalized spacial score (nSPS) is 25.7. The molecule has 0 aromatic heterocycles. The first-order valence-corrected chi connectivity index (χ1v) is 5.53. The lowest BCUT2D eigenvalue weighted by atomic mass is 9.90. The van der Waals surface area contributed by atoms with Crippen LogP contribution >= 0.6 is 0 Å². The number of benzene rings is 1. The summed E-state index contributed by atoms with van der Waals surface area (Å²) in [4.78, 5) is 0. The van der Waals surface area contributed by atoms with Gasteiger partial charge in [0.25, 0.3) is 0 Å². The van der Waals surface area contributed by atoms with Gasteiger partial charge in [-0.15, -0.1) is 0 Å². The molecule has 2 unspecified atom stereocenters. The zero-order valence-electron chi connectivity index (χ0n) is 8.82. The maximum atomic E-state index is 9.44. The Bertz CT molecular complexity index is 327. The number of aromatic hydroxyl groups is 1. The number of phenolic OH excluding ortho intramolecular Hbond substituents is 1. The second-order valence-corrected chi connectivity index (χ2v) is 4.13.